The number of aromatic nitrogens is 2. The summed E-state index contributed by atoms with van der Waals surface area (Å²) in [4.78, 5) is 10.6. The first-order valence-corrected chi connectivity index (χ1v) is 15.3. The standard InChI is InChI=1S/C29H40N4O2S/c1-20(2)32-16-12-24(13-17-32)33-14-10-22(11-15-33)26-19-28-27(18-21(26)3)30-29(31(28)4)23-6-8-25(9-7-23)36(5,34)35/h6-9,18-20,22,24H,10-17H2,1-5H3. The highest BCUT2D eigenvalue weighted by Gasteiger charge is 2.30. The first kappa shape index (κ1) is 25.4. The zero-order valence-electron chi connectivity index (χ0n) is 22.4. The molecule has 0 bridgehead atoms. The molecule has 0 amide bonds. The molecular weight excluding hydrogens is 468 g/mol. The number of hydrogen-bond acceptors (Lipinski definition) is 5. The van der Waals surface area contributed by atoms with Crippen LogP contribution in [0, 0.1) is 6.92 Å². The highest BCUT2D eigenvalue weighted by molar-refractivity contribution is 7.90. The fourth-order valence-corrected chi connectivity index (χ4v) is 6.88. The number of rotatable bonds is 5. The van der Waals surface area contributed by atoms with Gasteiger partial charge in [-0.15, -0.1) is 0 Å². The van der Waals surface area contributed by atoms with Gasteiger partial charge in [-0.05, 0) is 126 Å². The van der Waals surface area contributed by atoms with Crippen molar-refractivity contribution in [2.45, 2.75) is 69.4 Å². The fourth-order valence-electron chi connectivity index (χ4n) is 6.25. The van der Waals surface area contributed by atoms with Crippen molar-refractivity contribution in [1.29, 1.82) is 0 Å². The van der Waals surface area contributed by atoms with Gasteiger partial charge in [0, 0.05) is 31.0 Å². The lowest BCUT2D eigenvalue weighted by molar-refractivity contribution is 0.0753. The average molecular weight is 509 g/mol. The second-order valence-electron chi connectivity index (χ2n) is 11.2. The van der Waals surface area contributed by atoms with Crippen LogP contribution in [0.15, 0.2) is 41.3 Å². The van der Waals surface area contributed by atoms with Gasteiger partial charge in [0.25, 0.3) is 0 Å². The molecule has 5 rings (SSSR count). The molecule has 2 aliphatic rings. The summed E-state index contributed by atoms with van der Waals surface area (Å²) in [6.07, 6.45) is 6.28. The van der Waals surface area contributed by atoms with Gasteiger partial charge in [0.15, 0.2) is 9.84 Å². The summed E-state index contributed by atoms with van der Waals surface area (Å²) in [7, 11) is -1.15. The maximum Gasteiger partial charge on any atom is 0.175 e. The van der Waals surface area contributed by atoms with Gasteiger partial charge in [-0.3, -0.25) is 0 Å². The number of aryl methyl sites for hydroxylation is 2. The summed E-state index contributed by atoms with van der Waals surface area (Å²) in [6, 6.07) is 13.0. The Labute approximate surface area is 216 Å². The third-order valence-corrected chi connectivity index (χ3v) is 9.65. The molecule has 36 heavy (non-hydrogen) atoms. The van der Waals surface area contributed by atoms with E-state index in [2.05, 4.69) is 54.3 Å². The van der Waals surface area contributed by atoms with Crippen LogP contribution in [0.1, 0.15) is 56.6 Å². The normalized spacial score (nSPS) is 19.5. The van der Waals surface area contributed by atoms with Crippen LogP contribution in [-0.4, -0.2) is 72.3 Å². The van der Waals surface area contributed by atoms with Gasteiger partial charge in [-0.25, -0.2) is 13.4 Å². The minimum absolute atomic E-state index is 0.333. The number of fused-ring (bicyclic) bond motifs is 1. The molecule has 2 aromatic carbocycles. The Bertz CT molecular complexity index is 1330. The monoisotopic (exact) mass is 508 g/mol. The Kier molecular flexibility index (Phi) is 7.01. The molecule has 0 unspecified atom stereocenters. The summed E-state index contributed by atoms with van der Waals surface area (Å²) in [6.45, 7) is 11.7. The molecule has 0 atom stereocenters. The van der Waals surface area contributed by atoms with Gasteiger partial charge in [-0.1, -0.05) is 0 Å². The van der Waals surface area contributed by atoms with Crippen LogP contribution in [0.2, 0.25) is 0 Å². The maximum absolute atomic E-state index is 11.8. The van der Waals surface area contributed by atoms with E-state index < -0.39 is 9.84 Å². The van der Waals surface area contributed by atoms with Crippen LogP contribution in [0.25, 0.3) is 22.4 Å². The molecule has 3 aromatic rings. The number of benzene rings is 2. The highest BCUT2D eigenvalue weighted by Crippen LogP contribution is 2.35. The number of likely N-dealkylation sites (tertiary alicyclic amines) is 2. The average Bonchev–Trinajstić information content (AvgIpc) is 3.18. The molecule has 3 heterocycles. The van der Waals surface area contributed by atoms with E-state index in [0.717, 1.165) is 28.5 Å². The van der Waals surface area contributed by atoms with Gasteiger partial charge in [0.2, 0.25) is 0 Å². The van der Waals surface area contributed by atoms with Crippen LogP contribution < -0.4 is 0 Å². The van der Waals surface area contributed by atoms with Crippen molar-refractivity contribution >= 4 is 20.9 Å². The lowest BCUT2D eigenvalue weighted by Crippen LogP contribution is -2.48. The molecule has 1 aromatic heterocycles. The molecule has 2 saturated heterocycles. The highest BCUT2D eigenvalue weighted by atomic mass is 32.2. The van der Waals surface area contributed by atoms with E-state index in [-0.39, 0.29) is 0 Å². The number of piperidine rings is 2. The smallest absolute Gasteiger partial charge is 0.175 e. The molecule has 0 radical (unpaired) electrons. The van der Waals surface area contributed by atoms with E-state index in [9.17, 15) is 8.42 Å². The molecule has 2 aliphatic heterocycles. The summed E-state index contributed by atoms with van der Waals surface area (Å²) in [5, 5.41) is 0. The van der Waals surface area contributed by atoms with Gasteiger partial charge in [0.1, 0.15) is 5.82 Å². The second kappa shape index (κ2) is 9.92. The summed E-state index contributed by atoms with van der Waals surface area (Å²) in [5.74, 6) is 1.46. The van der Waals surface area contributed by atoms with Crippen LogP contribution in [0.5, 0.6) is 0 Å². The molecular formula is C29H40N4O2S. The zero-order chi connectivity index (χ0) is 25.6. The van der Waals surface area contributed by atoms with Gasteiger partial charge >= 0.3 is 0 Å². The molecule has 0 aliphatic carbocycles. The SMILES string of the molecule is Cc1cc2nc(-c3ccc(S(C)(=O)=O)cc3)n(C)c2cc1C1CCN(C2CCN(C(C)C)CC2)CC1. The van der Waals surface area contributed by atoms with Crippen LogP contribution >= 0.6 is 0 Å². The Hall–Kier alpha value is -2.22. The first-order chi connectivity index (χ1) is 17.1. The lowest BCUT2D eigenvalue weighted by atomic mass is 9.85. The van der Waals surface area contributed by atoms with E-state index in [4.69, 9.17) is 4.98 Å². The Balaban J connectivity index is 1.32. The van der Waals surface area contributed by atoms with E-state index in [1.165, 1.54) is 69.2 Å². The van der Waals surface area contributed by atoms with Crippen LogP contribution in [0.4, 0.5) is 0 Å². The first-order valence-electron chi connectivity index (χ1n) is 13.4. The Morgan fingerprint density at radius 3 is 2.17 bits per heavy atom. The minimum atomic E-state index is -3.21. The van der Waals surface area contributed by atoms with Crippen molar-refractivity contribution in [3.63, 3.8) is 0 Å². The largest absolute Gasteiger partial charge is 0.327 e. The van der Waals surface area contributed by atoms with Crippen molar-refractivity contribution < 1.29 is 8.42 Å². The fraction of sp³-hybridized carbons (Fsp3) is 0.552. The van der Waals surface area contributed by atoms with E-state index in [1.807, 2.05) is 12.1 Å². The van der Waals surface area contributed by atoms with Crippen molar-refractivity contribution in [2.75, 3.05) is 32.4 Å². The third-order valence-electron chi connectivity index (χ3n) is 8.52. The predicted molar refractivity (Wildman–Crippen MR) is 147 cm³/mol. The number of hydrogen-bond donors (Lipinski definition) is 0. The molecule has 7 heteroatoms. The Morgan fingerprint density at radius 2 is 1.58 bits per heavy atom. The molecule has 6 nitrogen and oxygen atoms in total. The van der Waals surface area contributed by atoms with Crippen molar-refractivity contribution in [2.24, 2.45) is 7.05 Å². The van der Waals surface area contributed by atoms with Gasteiger partial charge in [0.05, 0.1) is 15.9 Å². The summed E-state index contributed by atoms with van der Waals surface area (Å²) in [5.41, 5.74) is 5.84. The Morgan fingerprint density at radius 1 is 0.944 bits per heavy atom. The number of imidazole rings is 1. The molecule has 2 fully saturated rings. The quantitative estimate of drug-likeness (QED) is 0.485. The predicted octanol–water partition coefficient (Wildman–Crippen LogP) is 5.00. The number of nitrogens with zero attached hydrogens (tertiary/aromatic N) is 4. The molecule has 0 saturated carbocycles. The second-order valence-corrected chi connectivity index (χ2v) is 13.2. The van der Waals surface area contributed by atoms with Gasteiger partial charge < -0.3 is 14.4 Å². The minimum Gasteiger partial charge on any atom is -0.327 e. The molecule has 0 spiro atoms. The topological polar surface area (TPSA) is 58.4 Å². The van der Waals surface area contributed by atoms with Crippen LogP contribution in [-0.2, 0) is 16.9 Å². The summed E-state index contributed by atoms with van der Waals surface area (Å²) >= 11 is 0. The molecule has 0 N–H and O–H groups in total. The summed E-state index contributed by atoms with van der Waals surface area (Å²) < 4.78 is 25.8. The van der Waals surface area contributed by atoms with Crippen LogP contribution in [0.3, 0.4) is 0 Å². The number of sulfone groups is 1. The van der Waals surface area contributed by atoms with E-state index in [1.54, 1.807) is 12.1 Å². The van der Waals surface area contributed by atoms with Gasteiger partial charge in [-0.2, -0.15) is 0 Å². The third kappa shape index (κ3) is 4.98. The molecule has 194 valence electrons. The van der Waals surface area contributed by atoms with Crippen molar-refractivity contribution in [1.82, 2.24) is 19.4 Å². The zero-order valence-corrected chi connectivity index (χ0v) is 23.2. The maximum atomic E-state index is 11.8. The van der Waals surface area contributed by atoms with Crippen molar-refractivity contribution in [3.8, 4) is 11.4 Å². The van der Waals surface area contributed by atoms with E-state index >= 15 is 0 Å². The van der Waals surface area contributed by atoms with E-state index in [0.29, 0.717) is 16.9 Å². The van der Waals surface area contributed by atoms with Crippen molar-refractivity contribution in [3.05, 3.63) is 47.5 Å². The lowest BCUT2D eigenvalue weighted by Gasteiger charge is -2.43.